The molecule has 0 fully saturated rings. The van der Waals surface area contributed by atoms with E-state index in [0.29, 0.717) is 0 Å². The molecular weight excluding hydrogens is 179 g/mol. The van der Waals surface area contributed by atoms with E-state index in [1.165, 1.54) is 13.8 Å². The van der Waals surface area contributed by atoms with Crippen molar-refractivity contribution >= 4 is 0 Å². The summed E-state index contributed by atoms with van der Waals surface area (Å²) in [6.45, 7) is 14.1. The quantitative estimate of drug-likeness (QED) is 0.692. The molecule has 14 heavy (non-hydrogen) atoms. The highest BCUT2D eigenvalue weighted by molar-refractivity contribution is 5.08. The maximum atomic E-state index is 14.2. The predicted molar refractivity (Wildman–Crippen MR) is 59.0 cm³/mol. The van der Waals surface area contributed by atoms with Gasteiger partial charge in [0.25, 0.3) is 0 Å². The molecule has 0 spiro atoms. The van der Waals surface area contributed by atoms with Crippen LogP contribution in [0.2, 0.25) is 0 Å². The number of aliphatic hydroxyl groups is 1. The van der Waals surface area contributed by atoms with Gasteiger partial charge in [0.2, 0.25) is 0 Å². The summed E-state index contributed by atoms with van der Waals surface area (Å²) in [6.07, 6.45) is 0. The molecule has 0 aliphatic heterocycles. The van der Waals surface area contributed by atoms with E-state index in [2.05, 4.69) is 0 Å². The van der Waals surface area contributed by atoms with E-state index in [4.69, 9.17) is 0 Å². The molecule has 2 heteroatoms. The Morgan fingerprint density at radius 3 is 0.929 bits per heavy atom. The summed E-state index contributed by atoms with van der Waals surface area (Å²) >= 11 is 0. The van der Waals surface area contributed by atoms with Crippen LogP contribution in [0.1, 0.15) is 55.4 Å². The fourth-order valence-electron chi connectivity index (χ4n) is 2.91. The molecule has 0 bridgehead atoms. The minimum Gasteiger partial charge on any atom is -0.385 e. The van der Waals surface area contributed by atoms with Crippen molar-refractivity contribution in [3.05, 3.63) is 0 Å². The number of hydrogen-bond acceptors (Lipinski definition) is 1. The minimum absolute atomic E-state index is 0.497. The molecule has 0 amide bonds. The molecule has 0 heterocycles. The van der Waals surface area contributed by atoms with Crippen LogP contribution in [0.3, 0.4) is 0 Å². The number of alkyl halides is 1. The number of halogens is 1. The van der Waals surface area contributed by atoms with Gasteiger partial charge in [-0.1, -0.05) is 41.5 Å². The molecule has 1 N–H and O–H groups in total. The van der Waals surface area contributed by atoms with Crippen molar-refractivity contribution in [2.24, 2.45) is 10.8 Å². The molecule has 0 aliphatic rings. The van der Waals surface area contributed by atoms with Gasteiger partial charge in [0.15, 0.2) is 0 Å². The lowest BCUT2D eigenvalue weighted by atomic mass is 9.57. The van der Waals surface area contributed by atoms with Gasteiger partial charge in [-0.05, 0) is 24.7 Å². The standard InChI is InChI=1S/C12H25FO/c1-9(2,3)12(14,10(4,5)6)11(7,8)13/h14H,1-8H3. The average molecular weight is 204 g/mol. The van der Waals surface area contributed by atoms with Gasteiger partial charge in [-0.25, -0.2) is 4.39 Å². The summed E-state index contributed by atoms with van der Waals surface area (Å²) in [4.78, 5) is 0. The van der Waals surface area contributed by atoms with Crippen molar-refractivity contribution in [3.8, 4) is 0 Å². The monoisotopic (exact) mass is 204 g/mol. The van der Waals surface area contributed by atoms with Crippen LogP contribution in [0.5, 0.6) is 0 Å². The fraction of sp³-hybridized carbons (Fsp3) is 1.00. The largest absolute Gasteiger partial charge is 0.385 e. The maximum absolute atomic E-state index is 14.2. The third-order valence-electron chi connectivity index (χ3n) is 3.03. The van der Waals surface area contributed by atoms with Crippen LogP contribution < -0.4 is 0 Å². The predicted octanol–water partition coefficient (Wildman–Crippen LogP) is 3.56. The van der Waals surface area contributed by atoms with Crippen molar-refractivity contribution in [3.63, 3.8) is 0 Å². The zero-order valence-electron chi connectivity index (χ0n) is 10.8. The van der Waals surface area contributed by atoms with Gasteiger partial charge in [-0.2, -0.15) is 0 Å². The molecule has 0 aliphatic carbocycles. The Bertz CT molecular complexity index is 164. The van der Waals surface area contributed by atoms with Crippen LogP contribution >= 0.6 is 0 Å². The fourth-order valence-corrected chi connectivity index (χ4v) is 2.91. The van der Waals surface area contributed by atoms with Crippen molar-refractivity contribution in [2.45, 2.75) is 66.7 Å². The van der Waals surface area contributed by atoms with E-state index < -0.39 is 22.1 Å². The van der Waals surface area contributed by atoms with E-state index in [-0.39, 0.29) is 0 Å². The highest BCUT2D eigenvalue weighted by atomic mass is 19.1. The molecular formula is C12H25FO. The summed E-state index contributed by atoms with van der Waals surface area (Å²) in [5.74, 6) is 0. The molecule has 0 aromatic rings. The Morgan fingerprint density at radius 1 is 0.714 bits per heavy atom. The molecule has 0 atom stereocenters. The van der Waals surface area contributed by atoms with Crippen molar-refractivity contribution in [1.82, 2.24) is 0 Å². The maximum Gasteiger partial charge on any atom is 0.135 e. The van der Waals surface area contributed by atoms with Crippen LogP contribution in [-0.4, -0.2) is 16.4 Å². The van der Waals surface area contributed by atoms with Crippen LogP contribution in [0.15, 0.2) is 0 Å². The van der Waals surface area contributed by atoms with Crippen LogP contribution in [0.4, 0.5) is 4.39 Å². The zero-order valence-corrected chi connectivity index (χ0v) is 10.8. The second-order valence-electron chi connectivity index (χ2n) is 6.68. The molecule has 0 saturated heterocycles. The van der Waals surface area contributed by atoms with Crippen molar-refractivity contribution in [1.29, 1.82) is 0 Å². The molecule has 0 aromatic carbocycles. The second-order valence-corrected chi connectivity index (χ2v) is 6.68. The van der Waals surface area contributed by atoms with Gasteiger partial charge in [0, 0.05) is 0 Å². The molecule has 1 nitrogen and oxygen atoms in total. The molecule has 0 saturated carbocycles. The molecule has 0 unspecified atom stereocenters. The normalized spacial score (nSPS) is 15.9. The molecule has 0 radical (unpaired) electrons. The summed E-state index contributed by atoms with van der Waals surface area (Å²) in [5.41, 5.74) is -3.97. The Balaban J connectivity index is 5.54. The van der Waals surface area contributed by atoms with Gasteiger partial charge < -0.3 is 5.11 Å². The Hall–Kier alpha value is -0.110. The minimum atomic E-state index is -1.62. The van der Waals surface area contributed by atoms with E-state index in [0.717, 1.165) is 0 Å². The van der Waals surface area contributed by atoms with E-state index in [1.54, 1.807) is 0 Å². The van der Waals surface area contributed by atoms with Crippen molar-refractivity contribution in [2.75, 3.05) is 0 Å². The first-order chi connectivity index (χ1) is 5.75. The van der Waals surface area contributed by atoms with Crippen LogP contribution in [-0.2, 0) is 0 Å². The van der Waals surface area contributed by atoms with Crippen LogP contribution in [0.25, 0.3) is 0 Å². The smallest absolute Gasteiger partial charge is 0.135 e. The molecule has 0 rings (SSSR count). The van der Waals surface area contributed by atoms with E-state index >= 15 is 0 Å². The topological polar surface area (TPSA) is 20.2 Å². The van der Waals surface area contributed by atoms with E-state index in [1.807, 2.05) is 41.5 Å². The van der Waals surface area contributed by atoms with Gasteiger partial charge in [-0.3, -0.25) is 0 Å². The lowest BCUT2D eigenvalue weighted by Gasteiger charge is -2.54. The first-order valence-electron chi connectivity index (χ1n) is 5.16. The van der Waals surface area contributed by atoms with E-state index in [9.17, 15) is 9.50 Å². The highest BCUT2D eigenvalue weighted by Gasteiger charge is 2.59. The highest BCUT2D eigenvalue weighted by Crippen LogP contribution is 2.51. The number of hydrogen-bond donors (Lipinski definition) is 1. The summed E-state index contributed by atoms with van der Waals surface area (Å²) < 4.78 is 14.2. The average Bonchev–Trinajstić information content (AvgIpc) is 1.77. The third-order valence-corrected chi connectivity index (χ3v) is 3.03. The number of rotatable bonds is 1. The summed E-state index contributed by atoms with van der Waals surface area (Å²) in [6, 6.07) is 0. The lowest BCUT2D eigenvalue weighted by Crippen LogP contribution is -2.64. The Morgan fingerprint density at radius 2 is 0.929 bits per heavy atom. The first-order valence-corrected chi connectivity index (χ1v) is 5.16. The summed E-state index contributed by atoms with van der Waals surface area (Å²) in [5, 5.41) is 10.6. The lowest BCUT2D eigenvalue weighted by molar-refractivity contribution is -0.213. The molecule has 0 aromatic heterocycles. The van der Waals surface area contributed by atoms with Gasteiger partial charge in [0.05, 0.1) is 0 Å². The second kappa shape index (κ2) is 3.19. The van der Waals surface area contributed by atoms with Crippen LogP contribution in [0, 0.1) is 10.8 Å². The zero-order chi connectivity index (χ0) is 12.0. The van der Waals surface area contributed by atoms with Gasteiger partial charge in [-0.15, -0.1) is 0 Å². The molecule has 86 valence electrons. The van der Waals surface area contributed by atoms with Crippen molar-refractivity contribution < 1.29 is 9.50 Å². The Labute approximate surface area is 87.7 Å². The third kappa shape index (κ3) is 1.95. The van der Waals surface area contributed by atoms with Gasteiger partial charge >= 0.3 is 0 Å². The first kappa shape index (κ1) is 13.9. The van der Waals surface area contributed by atoms with Gasteiger partial charge in [0.1, 0.15) is 11.3 Å². The SMILES string of the molecule is CC(C)(C)C(O)(C(C)(C)C)C(C)(C)F. The summed E-state index contributed by atoms with van der Waals surface area (Å²) in [7, 11) is 0. The Kier molecular flexibility index (Phi) is 3.17.